The largest absolute Gasteiger partial charge is 0.494 e. The maximum Gasteiger partial charge on any atom is 0.407 e. The molecule has 0 aromatic heterocycles. The van der Waals surface area contributed by atoms with E-state index in [1.807, 2.05) is 18.2 Å². The van der Waals surface area contributed by atoms with Crippen molar-refractivity contribution >= 4 is 41.3 Å². The van der Waals surface area contributed by atoms with E-state index < -0.39 is 51.8 Å². The first-order valence-electron chi connectivity index (χ1n) is 20.2. The molecule has 0 saturated carbocycles. The first kappa shape index (κ1) is 43.1. The second-order valence-corrected chi connectivity index (χ2v) is 16.8. The third kappa shape index (κ3) is 8.90. The van der Waals surface area contributed by atoms with Gasteiger partial charge in [0.25, 0.3) is 11.8 Å². The summed E-state index contributed by atoms with van der Waals surface area (Å²) in [6.07, 6.45) is 2.46. The normalized spacial score (nSPS) is 18.2. The zero-order valence-corrected chi connectivity index (χ0v) is 35.1. The zero-order valence-electron chi connectivity index (χ0n) is 34.3. The van der Waals surface area contributed by atoms with Gasteiger partial charge in [0.15, 0.2) is 17.2 Å². The molecule has 3 N–H and O–H groups in total. The highest BCUT2D eigenvalue weighted by atomic mass is 35.5. The van der Waals surface area contributed by atoms with Crippen LogP contribution in [0.3, 0.4) is 0 Å². The fourth-order valence-electron chi connectivity index (χ4n) is 8.28. The van der Waals surface area contributed by atoms with Crippen LogP contribution in [0.2, 0.25) is 5.02 Å². The molecule has 2 atom stereocenters. The summed E-state index contributed by atoms with van der Waals surface area (Å²) >= 11 is 6.70. The number of amides is 5. The molecule has 0 aliphatic carbocycles. The molecule has 61 heavy (non-hydrogen) atoms. The minimum atomic E-state index is -1.29. The van der Waals surface area contributed by atoms with E-state index in [-0.39, 0.29) is 78.9 Å². The average Bonchev–Trinajstić information content (AvgIpc) is 3.76. The lowest BCUT2D eigenvalue weighted by Gasteiger charge is -2.30. The van der Waals surface area contributed by atoms with Crippen molar-refractivity contribution in [1.29, 1.82) is 0 Å². The monoisotopic (exact) mass is 856 g/mol. The maximum absolute atomic E-state index is 16.6. The number of carbonyl (C=O) groups excluding carboxylic acids is 5. The third-order valence-electron chi connectivity index (χ3n) is 11.2. The van der Waals surface area contributed by atoms with Crippen LogP contribution in [0.1, 0.15) is 95.8 Å². The van der Waals surface area contributed by atoms with Crippen molar-refractivity contribution in [1.82, 2.24) is 20.9 Å². The van der Waals surface area contributed by atoms with Crippen molar-refractivity contribution < 1.29 is 47.0 Å². The first-order valence-corrected chi connectivity index (χ1v) is 20.6. The van der Waals surface area contributed by atoms with E-state index in [1.54, 1.807) is 51.1 Å². The average molecular weight is 857 g/mol. The van der Waals surface area contributed by atoms with E-state index in [1.165, 1.54) is 24.1 Å². The first-order chi connectivity index (χ1) is 29.1. The summed E-state index contributed by atoms with van der Waals surface area (Å²) < 4.78 is 49.6. The summed E-state index contributed by atoms with van der Waals surface area (Å²) in [5.41, 5.74) is 0.901. The lowest BCUT2D eigenvalue weighted by molar-refractivity contribution is -0.136. The van der Waals surface area contributed by atoms with Gasteiger partial charge in [-0.1, -0.05) is 60.5 Å². The lowest BCUT2D eigenvalue weighted by Crippen LogP contribution is -2.52. The van der Waals surface area contributed by atoms with Crippen molar-refractivity contribution in [3.63, 3.8) is 0 Å². The molecule has 5 amide bonds. The number of nitrogens with one attached hydrogen (secondary N) is 3. The highest BCUT2D eigenvalue weighted by molar-refractivity contribution is 6.34. The van der Waals surface area contributed by atoms with Gasteiger partial charge in [-0.2, -0.15) is 0 Å². The summed E-state index contributed by atoms with van der Waals surface area (Å²) in [7, 11) is 1.28. The van der Waals surface area contributed by atoms with E-state index in [9.17, 15) is 24.0 Å². The maximum atomic E-state index is 16.6. The number of methoxy groups -OCH3 is 1. The van der Waals surface area contributed by atoms with Gasteiger partial charge < -0.3 is 29.7 Å². The van der Waals surface area contributed by atoms with Crippen molar-refractivity contribution in [3.8, 4) is 22.6 Å². The standard InChI is InChI=1S/C46H47ClF2N4O8/c1-45(2,3)61-44(58)51-25-46(27-14-8-5-9-15-27)23-30-35(60-46)22-32(48)39(47)37(30)38-29(17-19-34(59-4)40(38)49)41(55)50-21-10-6-7-12-26-13-11-16-28-31(26)24-53(43(28)57)33-18-20-36(54)52-42(33)56/h5,8-9,11,13-17,19,22,33H,6-7,10,12,18,20-21,23-25H2,1-4H3,(H,50,55)(H,51,58)(H,52,54,56)/t33?,46-/m1/s1. The number of piperidine rings is 1. The number of aryl methyl sites for hydroxylation is 1. The van der Waals surface area contributed by atoms with Crippen LogP contribution in [-0.2, 0) is 39.3 Å². The van der Waals surface area contributed by atoms with Gasteiger partial charge in [0, 0.05) is 54.3 Å². The second kappa shape index (κ2) is 17.5. The van der Waals surface area contributed by atoms with Crippen LogP contribution >= 0.6 is 11.6 Å². The number of carbonyl (C=O) groups is 5. The molecule has 3 heterocycles. The highest BCUT2D eigenvalue weighted by Gasteiger charge is 2.45. The number of unbranched alkanes of at least 4 members (excludes halogenated alkanes) is 2. The van der Waals surface area contributed by atoms with Crippen LogP contribution in [0.4, 0.5) is 13.6 Å². The zero-order chi connectivity index (χ0) is 43.6. The Morgan fingerprint density at radius 3 is 2.46 bits per heavy atom. The van der Waals surface area contributed by atoms with Gasteiger partial charge in [0.05, 0.1) is 24.2 Å². The van der Waals surface area contributed by atoms with Crippen LogP contribution in [0.5, 0.6) is 11.5 Å². The predicted octanol–water partition coefficient (Wildman–Crippen LogP) is 7.55. The topological polar surface area (TPSA) is 152 Å². The number of hydrogen-bond donors (Lipinski definition) is 3. The Morgan fingerprint density at radius 2 is 1.74 bits per heavy atom. The molecule has 0 spiro atoms. The molecule has 12 nitrogen and oxygen atoms in total. The highest BCUT2D eigenvalue weighted by Crippen LogP contribution is 2.50. The Labute approximate surface area is 357 Å². The number of halogens is 3. The Bertz CT molecular complexity index is 2410. The Balaban J connectivity index is 1.06. The van der Waals surface area contributed by atoms with Crippen molar-refractivity contribution in [3.05, 3.63) is 117 Å². The SMILES string of the molecule is COc1ccc(C(=O)NCCCCCc2cccc3c2CN(C2CCC(=O)NC2=O)C3=O)c(-c2c(Cl)c(F)cc3c2C[C@@](CNC(=O)OC(C)(C)C)(c2ccccc2)O3)c1F. The molecule has 0 bridgehead atoms. The Kier molecular flexibility index (Phi) is 12.4. The molecule has 7 rings (SSSR count). The molecule has 3 aliphatic heterocycles. The number of nitrogens with zero attached hydrogens (tertiary/aromatic N) is 1. The molecule has 1 unspecified atom stereocenters. The molecule has 3 aliphatic rings. The van der Waals surface area contributed by atoms with Crippen LogP contribution in [0, 0.1) is 11.6 Å². The molecule has 320 valence electrons. The smallest absolute Gasteiger partial charge is 0.407 e. The van der Waals surface area contributed by atoms with Gasteiger partial charge in [-0.15, -0.1) is 0 Å². The Morgan fingerprint density at radius 1 is 0.967 bits per heavy atom. The van der Waals surface area contributed by atoms with Crippen LogP contribution in [-0.4, -0.2) is 66.5 Å². The van der Waals surface area contributed by atoms with Crippen LogP contribution in [0.15, 0.2) is 66.7 Å². The van der Waals surface area contributed by atoms with E-state index >= 15 is 8.78 Å². The number of ether oxygens (including phenoxy) is 3. The predicted molar refractivity (Wildman–Crippen MR) is 222 cm³/mol. The number of imide groups is 1. The molecular weight excluding hydrogens is 810 g/mol. The molecule has 4 aromatic rings. The van der Waals surface area contributed by atoms with E-state index in [0.29, 0.717) is 36.0 Å². The van der Waals surface area contributed by atoms with Gasteiger partial charge in [-0.25, -0.2) is 13.6 Å². The number of rotatable bonds is 13. The van der Waals surface area contributed by atoms with Gasteiger partial charge in [0.1, 0.15) is 23.2 Å². The number of fused-ring (bicyclic) bond motifs is 2. The molecule has 0 radical (unpaired) electrons. The van der Waals surface area contributed by atoms with Gasteiger partial charge in [-0.05, 0) is 81.3 Å². The summed E-state index contributed by atoms with van der Waals surface area (Å²) in [4.78, 5) is 65.7. The summed E-state index contributed by atoms with van der Waals surface area (Å²) in [5, 5.41) is 7.56. The summed E-state index contributed by atoms with van der Waals surface area (Å²) in [5.74, 6) is -3.58. The molecular formula is C46H47ClF2N4O8. The molecule has 1 saturated heterocycles. The van der Waals surface area contributed by atoms with Gasteiger partial charge in [0.2, 0.25) is 11.8 Å². The minimum Gasteiger partial charge on any atom is -0.494 e. The minimum absolute atomic E-state index is 0.0168. The van der Waals surface area contributed by atoms with Crippen LogP contribution < -0.4 is 25.4 Å². The fraction of sp³-hybridized carbons (Fsp3) is 0.370. The van der Waals surface area contributed by atoms with Crippen LogP contribution in [0.25, 0.3) is 11.1 Å². The Hall–Kier alpha value is -6.02. The van der Waals surface area contributed by atoms with Crippen molar-refractivity contribution in [2.75, 3.05) is 20.2 Å². The lowest BCUT2D eigenvalue weighted by atomic mass is 9.85. The molecule has 15 heteroatoms. The van der Waals surface area contributed by atoms with E-state index in [0.717, 1.165) is 23.6 Å². The number of alkyl carbamates (subject to hydrolysis) is 1. The van der Waals surface area contributed by atoms with Gasteiger partial charge in [-0.3, -0.25) is 24.5 Å². The van der Waals surface area contributed by atoms with E-state index in [4.69, 9.17) is 25.8 Å². The van der Waals surface area contributed by atoms with Crippen molar-refractivity contribution in [2.45, 2.75) is 89.5 Å². The molecule has 4 aromatic carbocycles. The molecule has 1 fully saturated rings. The van der Waals surface area contributed by atoms with E-state index in [2.05, 4.69) is 16.0 Å². The van der Waals surface area contributed by atoms with Crippen molar-refractivity contribution in [2.24, 2.45) is 0 Å². The van der Waals surface area contributed by atoms with Gasteiger partial charge >= 0.3 is 6.09 Å². The number of benzene rings is 4. The number of hydrogen-bond acceptors (Lipinski definition) is 8. The summed E-state index contributed by atoms with van der Waals surface area (Å²) in [6.45, 7) is 5.63. The fourth-order valence-corrected chi connectivity index (χ4v) is 8.54. The summed E-state index contributed by atoms with van der Waals surface area (Å²) in [6, 6.07) is 17.7. The third-order valence-corrected chi connectivity index (χ3v) is 11.5. The second-order valence-electron chi connectivity index (χ2n) is 16.4. The quantitative estimate of drug-likeness (QED) is 0.0922.